The molecule has 0 saturated heterocycles. The molecule has 0 unspecified atom stereocenters. The molecule has 0 aliphatic heterocycles. The van der Waals surface area contributed by atoms with Crippen molar-refractivity contribution in [2.75, 3.05) is 13.7 Å². The first-order valence-corrected chi connectivity index (χ1v) is 12.6. The second-order valence-corrected chi connectivity index (χ2v) is 9.96. The SMILES string of the molecule is COCCn1c(=NC(=O)c2ccc(C(=O)c3ccccc3)cc2)sc2cc(S(N)(=O)=O)ccc21. The highest BCUT2D eigenvalue weighted by Gasteiger charge is 2.14. The van der Waals surface area contributed by atoms with Gasteiger partial charge in [0.2, 0.25) is 10.0 Å². The van der Waals surface area contributed by atoms with E-state index >= 15 is 0 Å². The predicted molar refractivity (Wildman–Crippen MR) is 129 cm³/mol. The number of ketones is 1. The average Bonchev–Trinajstić information content (AvgIpc) is 3.18. The summed E-state index contributed by atoms with van der Waals surface area (Å²) in [5.74, 6) is -0.618. The average molecular weight is 496 g/mol. The summed E-state index contributed by atoms with van der Waals surface area (Å²) < 4.78 is 31.0. The van der Waals surface area contributed by atoms with Crippen molar-refractivity contribution in [1.29, 1.82) is 0 Å². The molecule has 0 aliphatic carbocycles. The highest BCUT2D eigenvalue weighted by molar-refractivity contribution is 7.89. The third-order valence-electron chi connectivity index (χ3n) is 5.13. The van der Waals surface area contributed by atoms with E-state index in [1.54, 1.807) is 66.3 Å². The first-order chi connectivity index (χ1) is 16.3. The van der Waals surface area contributed by atoms with Crippen LogP contribution in [0.3, 0.4) is 0 Å². The number of fused-ring (bicyclic) bond motifs is 1. The van der Waals surface area contributed by atoms with Crippen LogP contribution in [0.2, 0.25) is 0 Å². The fourth-order valence-electron chi connectivity index (χ4n) is 3.39. The van der Waals surface area contributed by atoms with E-state index in [2.05, 4.69) is 4.99 Å². The maximum absolute atomic E-state index is 12.9. The van der Waals surface area contributed by atoms with Crippen LogP contribution in [0.4, 0.5) is 0 Å². The van der Waals surface area contributed by atoms with E-state index in [-0.39, 0.29) is 10.7 Å². The quantitative estimate of drug-likeness (QED) is 0.395. The van der Waals surface area contributed by atoms with Gasteiger partial charge in [0.15, 0.2) is 10.6 Å². The summed E-state index contributed by atoms with van der Waals surface area (Å²) in [6.07, 6.45) is 0. The maximum Gasteiger partial charge on any atom is 0.279 e. The summed E-state index contributed by atoms with van der Waals surface area (Å²) in [6.45, 7) is 0.794. The molecule has 0 bridgehead atoms. The summed E-state index contributed by atoms with van der Waals surface area (Å²) in [4.78, 5) is 30.1. The molecule has 8 nitrogen and oxygen atoms in total. The number of sulfonamides is 1. The van der Waals surface area contributed by atoms with E-state index in [1.165, 1.54) is 23.5 Å². The molecule has 174 valence electrons. The molecule has 0 saturated carbocycles. The highest BCUT2D eigenvalue weighted by atomic mass is 32.2. The molecule has 10 heteroatoms. The van der Waals surface area contributed by atoms with Crippen molar-refractivity contribution in [2.45, 2.75) is 11.4 Å². The minimum atomic E-state index is -3.86. The second-order valence-electron chi connectivity index (χ2n) is 7.39. The van der Waals surface area contributed by atoms with E-state index < -0.39 is 15.9 Å². The van der Waals surface area contributed by atoms with E-state index in [0.717, 1.165) is 0 Å². The minimum Gasteiger partial charge on any atom is -0.383 e. The van der Waals surface area contributed by atoms with Crippen LogP contribution in [0.25, 0.3) is 10.2 Å². The number of nitrogens with two attached hydrogens (primary N) is 1. The van der Waals surface area contributed by atoms with Crippen LogP contribution in [0.1, 0.15) is 26.3 Å². The van der Waals surface area contributed by atoms with Gasteiger partial charge in [0, 0.05) is 30.3 Å². The van der Waals surface area contributed by atoms with Crippen molar-refractivity contribution in [3.05, 3.63) is 94.3 Å². The Hall–Kier alpha value is -3.44. The summed E-state index contributed by atoms with van der Waals surface area (Å²) >= 11 is 1.18. The van der Waals surface area contributed by atoms with Crippen LogP contribution >= 0.6 is 11.3 Å². The van der Waals surface area contributed by atoms with Crippen molar-refractivity contribution in [2.24, 2.45) is 10.1 Å². The van der Waals surface area contributed by atoms with Gasteiger partial charge < -0.3 is 9.30 Å². The zero-order valence-corrected chi connectivity index (χ0v) is 19.8. The van der Waals surface area contributed by atoms with Gasteiger partial charge in [-0.15, -0.1) is 0 Å². The van der Waals surface area contributed by atoms with Crippen LogP contribution in [0, 0.1) is 0 Å². The van der Waals surface area contributed by atoms with Crippen molar-refractivity contribution >= 4 is 43.3 Å². The molecule has 0 aliphatic rings. The van der Waals surface area contributed by atoms with Crippen LogP contribution in [-0.4, -0.2) is 38.4 Å². The number of primary sulfonamides is 1. The van der Waals surface area contributed by atoms with Crippen molar-refractivity contribution in [3.63, 3.8) is 0 Å². The number of hydrogen-bond acceptors (Lipinski definition) is 6. The van der Waals surface area contributed by atoms with Crippen molar-refractivity contribution in [3.8, 4) is 0 Å². The number of ether oxygens (including phenoxy) is 1. The number of carbonyl (C=O) groups excluding carboxylic acids is 2. The number of thiazole rings is 1. The largest absolute Gasteiger partial charge is 0.383 e. The highest BCUT2D eigenvalue weighted by Crippen LogP contribution is 2.21. The number of aromatic nitrogens is 1. The van der Waals surface area contributed by atoms with Crippen molar-refractivity contribution in [1.82, 2.24) is 4.57 Å². The van der Waals surface area contributed by atoms with E-state index in [9.17, 15) is 18.0 Å². The zero-order chi connectivity index (χ0) is 24.3. The lowest BCUT2D eigenvalue weighted by molar-refractivity contribution is 0.0994. The molecule has 34 heavy (non-hydrogen) atoms. The number of amides is 1. The first kappa shape index (κ1) is 23.7. The molecular weight excluding hydrogens is 474 g/mol. The van der Waals surface area contributed by atoms with Gasteiger partial charge >= 0.3 is 0 Å². The van der Waals surface area contributed by atoms with Gasteiger partial charge in [0.1, 0.15) is 0 Å². The second kappa shape index (κ2) is 9.82. The predicted octanol–water partition coefficient (Wildman–Crippen LogP) is 2.97. The van der Waals surface area contributed by atoms with Gasteiger partial charge in [-0.05, 0) is 30.3 Å². The molecule has 3 aromatic carbocycles. The number of carbonyl (C=O) groups is 2. The topological polar surface area (TPSA) is 121 Å². The molecule has 2 N–H and O–H groups in total. The molecule has 0 radical (unpaired) electrons. The number of nitrogens with zero attached hydrogens (tertiary/aromatic N) is 2. The third-order valence-corrected chi connectivity index (χ3v) is 7.08. The number of methoxy groups -OCH3 is 1. The van der Waals surface area contributed by atoms with Crippen LogP contribution in [0.15, 0.2) is 82.7 Å². The Bertz CT molecular complexity index is 1540. The van der Waals surface area contributed by atoms with E-state index in [0.29, 0.717) is 44.9 Å². The number of benzene rings is 3. The normalized spacial score (nSPS) is 12.2. The molecule has 4 rings (SSSR count). The molecular formula is C24H21N3O5S2. The third kappa shape index (κ3) is 5.05. The smallest absolute Gasteiger partial charge is 0.279 e. The van der Waals surface area contributed by atoms with Gasteiger partial charge in [-0.25, -0.2) is 13.6 Å². The molecule has 0 spiro atoms. The number of rotatable bonds is 7. The summed E-state index contributed by atoms with van der Waals surface area (Å²) in [5, 5.41) is 5.25. The Kier molecular flexibility index (Phi) is 6.85. The molecule has 0 fully saturated rings. The van der Waals surface area contributed by atoms with Gasteiger partial charge in [-0.2, -0.15) is 4.99 Å². The lowest BCUT2D eigenvalue weighted by Gasteiger charge is -2.05. The summed E-state index contributed by atoms with van der Waals surface area (Å²) in [5.41, 5.74) is 2.07. The zero-order valence-electron chi connectivity index (χ0n) is 18.2. The van der Waals surface area contributed by atoms with Crippen LogP contribution in [0.5, 0.6) is 0 Å². The standard InChI is InChI=1S/C24H21N3O5S2/c1-32-14-13-27-20-12-11-19(34(25,30)31)15-21(20)33-24(27)26-23(29)18-9-7-17(8-10-18)22(28)16-5-3-2-4-6-16/h2-12,15H,13-14H2,1H3,(H2,25,30,31). The van der Waals surface area contributed by atoms with Gasteiger partial charge in [-0.1, -0.05) is 53.8 Å². The van der Waals surface area contributed by atoms with E-state index in [4.69, 9.17) is 9.88 Å². The van der Waals surface area contributed by atoms with Gasteiger partial charge in [-0.3, -0.25) is 9.59 Å². The maximum atomic E-state index is 12.9. The fraction of sp³-hybridized carbons (Fsp3) is 0.125. The van der Waals surface area contributed by atoms with Crippen molar-refractivity contribution < 1.29 is 22.7 Å². The Labute approximate surface area is 200 Å². The number of hydrogen-bond donors (Lipinski definition) is 1. The molecule has 1 heterocycles. The van der Waals surface area contributed by atoms with Crippen LogP contribution in [-0.2, 0) is 21.3 Å². The summed E-state index contributed by atoms with van der Waals surface area (Å²) in [7, 11) is -2.30. The lowest BCUT2D eigenvalue weighted by atomic mass is 10.0. The lowest BCUT2D eigenvalue weighted by Crippen LogP contribution is -2.19. The van der Waals surface area contributed by atoms with Gasteiger partial charge in [0.05, 0.1) is 21.7 Å². The van der Waals surface area contributed by atoms with E-state index in [1.807, 2.05) is 6.07 Å². The Morgan fingerprint density at radius 1 is 0.971 bits per heavy atom. The minimum absolute atomic E-state index is 0.0170. The molecule has 1 amide bonds. The van der Waals surface area contributed by atoms with Gasteiger partial charge in [0.25, 0.3) is 5.91 Å². The monoisotopic (exact) mass is 495 g/mol. The Balaban J connectivity index is 1.69. The Morgan fingerprint density at radius 2 is 1.62 bits per heavy atom. The first-order valence-electron chi connectivity index (χ1n) is 10.2. The molecule has 4 aromatic rings. The van der Waals surface area contributed by atoms with Crippen LogP contribution < -0.4 is 9.94 Å². The summed E-state index contributed by atoms with van der Waals surface area (Å²) in [6, 6.07) is 19.7. The molecule has 1 aromatic heterocycles. The fourth-order valence-corrected chi connectivity index (χ4v) is 5.09. The molecule has 0 atom stereocenters. The Morgan fingerprint density at radius 3 is 2.26 bits per heavy atom.